The molecule has 2 unspecified atom stereocenters. The monoisotopic (exact) mass is 544 g/mol. The molecule has 0 bridgehead atoms. The van der Waals surface area contributed by atoms with Gasteiger partial charge in [0.15, 0.2) is 0 Å². The van der Waals surface area contributed by atoms with Crippen LogP contribution in [-0.2, 0) is 27.5 Å². The summed E-state index contributed by atoms with van der Waals surface area (Å²) in [6.07, 6.45) is -5.06. The first-order valence-electron chi connectivity index (χ1n) is 10.7. The first kappa shape index (κ1) is 26.5. The molecule has 37 heavy (non-hydrogen) atoms. The Kier molecular flexibility index (Phi) is 7.24. The minimum atomic E-state index is -4.75. The molecular formula is C23H18F6N4O3S. The Morgan fingerprint density at radius 3 is 2.27 bits per heavy atom. The van der Waals surface area contributed by atoms with E-state index in [0.717, 1.165) is 48.8 Å². The van der Waals surface area contributed by atoms with Crippen molar-refractivity contribution in [2.75, 3.05) is 6.54 Å². The molecule has 2 heterocycles. The molecule has 2 atom stereocenters. The molecule has 2 aromatic carbocycles. The highest BCUT2D eigenvalue weighted by Gasteiger charge is 2.46. The Morgan fingerprint density at radius 2 is 1.65 bits per heavy atom. The topological polar surface area (TPSA) is 92.3 Å². The van der Waals surface area contributed by atoms with Gasteiger partial charge in [-0.2, -0.15) is 17.5 Å². The molecule has 3 aromatic rings. The zero-order valence-electron chi connectivity index (χ0n) is 18.7. The van der Waals surface area contributed by atoms with Crippen LogP contribution < -0.4 is 5.32 Å². The maximum Gasteiger partial charge on any atom is 0.451 e. The van der Waals surface area contributed by atoms with Crippen molar-refractivity contribution < 1.29 is 39.6 Å². The lowest BCUT2D eigenvalue weighted by atomic mass is 10.1. The highest BCUT2D eigenvalue weighted by Crippen LogP contribution is 2.30. The first-order chi connectivity index (χ1) is 17.4. The molecule has 0 saturated carbocycles. The fraction of sp³-hybridized carbons (Fsp3) is 0.261. The van der Waals surface area contributed by atoms with Crippen molar-refractivity contribution in [3.8, 4) is 11.1 Å². The number of nitrogens with one attached hydrogen (secondary N) is 1. The van der Waals surface area contributed by atoms with Gasteiger partial charge in [0.05, 0.1) is 4.90 Å². The van der Waals surface area contributed by atoms with Crippen LogP contribution in [0.2, 0.25) is 0 Å². The van der Waals surface area contributed by atoms with Gasteiger partial charge in [-0.15, -0.1) is 0 Å². The third-order valence-corrected chi connectivity index (χ3v) is 7.53. The highest BCUT2D eigenvalue weighted by molar-refractivity contribution is 7.89. The second-order valence-corrected chi connectivity index (χ2v) is 10.1. The number of rotatable bonds is 6. The molecule has 0 spiro atoms. The van der Waals surface area contributed by atoms with Crippen molar-refractivity contribution >= 4 is 15.9 Å². The third-order valence-electron chi connectivity index (χ3n) is 5.63. The summed E-state index contributed by atoms with van der Waals surface area (Å²) in [5.74, 6) is -3.78. The molecule has 1 aliphatic heterocycles. The summed E-state index contributed by atoms with van der Waals surface area (Å²) in [4.78, 5) is 19.0. The number of hydrogen-bond acceptors (Lipinski definition) is 5. The number of amides is 1. The van der Waals surface area contributed by atoms with Crippen molar-refractivity contribution in [2.24, 2.45) is 0 Å². The van der Waals surface area contributed by atoms with E-state index in [9.17, 15) is 39.6 Å². The van der Waals surface area contributed by atoms with Crippen LogP contribution in [0.1, 0.15) is 17.8 Å². The summed E-state index contributed by atoms with van der Waals surface area (Å²) < 4.78 is 107. The van der Waals surface area contributed by atoms with Crippen molar-refractivity contribution in [1.82, 2.24) is 19.6 Å². The molecule has 0 aliphatic carbocycles. The van der Waals surface area contributed by atoms with Crippen LogP contribution in [0.15, 0.2) is 59.8 Å². The molecule has 1 aromatic heterocycles. The summed E-state index contributed by atoms with van der Waals surface area (Å²) >= 11 is 0. The number of nitrogens with zero attached hydrogens (tertiary/aromatic N) is 3. The van der Waals surface area contributed by atoms with Gasteiger partial charge in [-0.1, -0.05) is 0 Å². The molecular weight excluding hydrogens is 526 g/mol. The van der Waals surface area contributed by atoms with Gasteiger partial charge in [0.1, 0.15) is 23.8 Å². The number of alkyl halides is 4. The summed E-state index contributed by atoms with van der Waals surface area (Å²) in [5.41, 5.74) is 0.378. The van der Waals surface area contributed by atoms with Crippen LogP contribution in [0.3, 0.4) is 0 Å². The summed E-state index contributed by atoms with van der Waals surface area (Å²) in [5, 5.41) is 2.38. The largest absolute Gasteiger partial charge is 0.451 e. The Labute approximate surface area is 207 Å². The van der Waals surface area contributed by atoms with Gasteiger partial charge in [-0.3, -0.25) is 4.79 Å². The molecule has 1 fully saturated rings. The standard InChI is InChI=1S/C23H18F6N4O3S/c24-16-1-3-18(4-2-16)37(35,36)33-6-5-19(26)20(33)21(34)30-10-13-7-14(9-17(25)8-13)15-11-31-22(32-12-15)23(27,28)29/h1-4,7-9,11-12,19-20H,5-6,10H2,(H,30,34). The predicted octanol–water partition coefficient (Wildman–Crippen LogP) is 3.86. The van der Waals surface area contributed by atoms with E-state index in [2.05, 4.69) is 15.3 Å². The minimum Gasteiger partial charge on any atom is -0.351 e. The van der Waals surface area contributed by atoms with Crippen LogP contribution >= 0.6 is 0 Å². The van der Waals surface area contributed by atoms with Crippen LogP contribution in [-0.4, -0.2) is 47.4 Å². The molecule has 14 heteroatoms. The normalized spacial score (nSPS) is 18.6. The fourth-order valence-electron chi connectivity index (χ4n) is 3.87. The average molecular weight is 544 g/mol. The molecule has 196 valence electrons. The van der Waals surface area contributed by atoms with Crippen molar-refractivity contribution in [2.45, 2.75) is 36.3 Å². The van der Waals surface area contributed by atoms with Crippen LogP contribution in [0.5, 0.6) is 0 Å². The lowest BCUT2D eigenvalue weighted by Gasteiger charge is -2.24. The molecule has 1 aliphatic rings. The number of hydrogen-bond donors (Lipinski definition) is 1. The zero-order chi connectivity index (χ0) is 27.0. The molecule has 1 N–H and O–H groups in total. The van der Waals surface area contributed by atoms with E-state index in [1.807, 2.05) is 0 Å². The highest BCUT2D eigenvalue weighted by atomic mass is 32.2. The van der Waals surface area contributed by atoms with Gasteiger partial charge >= 0.3 is 6.18 Å². The van der Waals surface area contributed by atoms with Crippen LogP contribution in [0.25, 0.3) is 11.1 Å². The Bertz CT molecular complexity index is 1400. The van der Waals surface area contributed by atoms with Gasteiger partial charge < -0.3 is 5.32 Å². The van der Waals surface area contributed by atoms with Gasteiger partial charge in [0.25, 0.3) is 0 Å². The van der Waals surface area contributed by atoms with Crippen LogP contribution in [0, 0.1) is 11.6 Å². The number of benzene rings is 2. The Balaban J connectivity index is 1.51. The lowest BCUT2D eigenvalue weighted by molar-refractivity contribution is -0.145. The lowest BCUT2D eigenvalue weighted by Crippen LogP contribution is -2.49. The van der Waals surface area contributed by atoms with E-state index in [-0.39, 0.29) is 41.1 Å². The number of halogens is 6. The maximum absolute atomic E-state index is 14.6. The Morgan fingerprint density at radius 1 is 1.00 bits per heavy atom. The van der Waals surface area contributed by atoms with Gasteiger partial charge in [-0.25, -0.2) is 31.6 Å². The molecule has 4 rings (SSSR count). The first-order valence-corrected chi connectivity index (χ1v) is 12.2. The van der Waals surface area contributed by atoms with E-state index in [1.165, 1.54) is 6.07 Å². The zero-order valence-corrected chi connectivity index (χ0v) is 19.5. The average Bonchev–Trinajstić information content (AvgIpc) is 3.24. The summed E-state index contributed by atoms with van der Waals surface area (Å²) in [6, 6.07) is 5.60. The van der Waals surface area contributed by atoms with Gasteiger partial charge in [0.2, 0.25) is 21.8 Å². The molecule has 1 saturated heterocycles. The number of aromatic nitrogens is 2. The van der Waals surface area contributed by atoms with Crippen molar-refractivity contribution in [3.05, 3.63) is 77.9 Å². The Hall–Kier alpha value is -3.52. The predicted molar refractivity (Wildman–Crippen MR) is 118 cm³/mol. The van der Waals surface area contributed by atoms with Crippen molar-refractivity contribution in [1.29, 1.82) is 0 Å². The second-order valence-electron chi connectivity index (χ2n) is 8.18. The number of sulfonamides is 1. The fourth-order valence-corrected chi connectivity index (χ4v) is 5.49. The second kappa shape index (κ2) is 10.1. The number of carbonyl (C=O) groups excluding carboxylic acids is 1. The molecule has 7 nitrogen and oxygen atoms in total. The van der Waals surface area contributed by atoms with E-state index in [0.29, 0.717) is 4.31 Å². The summed E-state index contributed by atoms with van der Waals surface area (Å²) in [6.45, 7) is -0.615. The summed E-state index contributed by atoms with van der Waals surface area (Å²) in [7, 11) is -4.32. The third kappa shape index (κ3) is 5.74. The molecule has 1 amide bonds. The number of carbonyl (C=O) groups is 1. The van der Waals surface area contributed by atoms with Crippen LogP contribution in [0.4, 0.5) is 26.3 Å². The van der Waals surface area contributed by atoms with Crippen molar-refractivity contribution in [3.63, 3.8) is 0 Å². The maximum atomic E-state index is 14.6. The van der Waals surface area contributed by atoms with E-state index < -0.39 is 51.8 Å². The van der Waals surface area contributed by atoms with E-state index in [4.69, 9.17) is 0 Å². The van der Waals surface area contributed by atoms with E-state index in [1.54, 1.807) is 0 Å². The van der Waals surface area contributed by atoms with Gasteiger partial charge in [0, 0.05) is 31.0 Å². The van der Waals surface area contributed by atoms with E-state index >= 15 is 0 Å². The minimum absolute atomic E-state index is 0.0799. The smallest absolute Gasteiger partial charge is 0.351 e. The quantitative estimate of drug-likeness (QED) is 0.476. The van der Waals surface area contributed by atoms with Gasteiger partial charge in [-0.05, 0) is 60.0 Å². The SMILES string of the molecule is O=C(NCc1cc(F)cc(-c2cnc(C(F)(F)F)nc2)c1)C1C(F)CCN1S(=O)(=O)c1ccc(F)cc1. The molecule has 0 radical (unpaired) electrons.